The molecule has 1 atom stereocenters. The van der Waals surface area contributed by atoms with Gasteiger partial charge in [0.15, 0.2) is 11.5 Å². The number of carbonyl (C=O) groups is 1. The molecular weight excluding hydrogens is 290 g/mol. The van der Waals surface area contributed by atoms with Crippen molar-refractivity contribution in [1.82, 2.24) is 5.16 Å². The van der Waals surface area contributed by atoms with E-state index in [1.807, 2.05) is 37.3 Å². The van der Waals surface area contributed by atoms with E-state index in [9.17, 15) is 9.90 Å². The van der Waals surface area contributed by atoms with E-state index in [-0.39, 0.29) is 5.78 Å². The number of aliphatic hydroxyl groups is 1. The number of nitrogens with zero attached hydrogens (tertiary/aromatic N) is 1. The van der Waals surface area contributed by atoms with Crippen molar-refractivity contribution < 1.29 is 14.4 Å². The molecule has 0 aliphatic heterocycles. The molecule has 0 aliphatic carbocycles. The lowest BCUT2D eigenvalue weighted by atomic mass is 9.99. The molecule has 1 unspecified atom stereocenters. The SMILES string of the molecule is C=CC(=O)CCCC(O)CCc1c(C)noc1-c1ccccc1. The van der Waals surface area contributed by atoms with Gasteiger partial charge in [0.2, 0.25) is 0 Å². The van der Waals surface area contributed by atoms with Crippen molar-refractivity contribution >= 4 is 5.78 Å². The Hall–Kier alpha value is -2.20. The van der Waals surface area contributed by atoms with Crippen molar-refractivity contribution in [3.05, 3.63) is 54.2 Å². The lowest BCUT2D eigenvalue weighted by Gasteiger charge is -2.10. The summed E-state index contributed by atoms with van der Waals surface area (Å²) < 4.78 is 5.45. The third-order valence-electron chi connectivity index (χ3n) is 3.94. The van der Waals surface area contributed by atoms with E-state index < -0.39 is 6.10 Å². The number of benzene rings is 1. The van der Waals surface area contributed by atoms with Crippen LogP contribution in [0.25, 0.3) is 11.3 Å². The summed E-state index contributed by atoms with van der Waals surface area (Å²) in [7, 11) is 0. The summed E-state index contributed by atoms with van der Waals surface area (Å²) in [6.07, 6.45) is 3.98. The first kappa shape index (κ1) is 17.2. The molecule has 1 heterocycles. The van der Waals surface area contributed by atoms with Crippen LogP contribution in [0.5, 0.6) is 0 Å². The van der Waals surface area contributed by atoms with Gasteiger partial charge in [0.1, 0.15) is 0 Å². The van der Waals surface area contributed by atoms with Gasteiger partial charge in [-0.25, -0.2) is 0 Å². The fraction of sp³-hybridized carbons (Fsp3) is 0.368. The number of rotatable bonds is 9. The molecule has 2 rings (SSSR count). The van der Waals surface area contributed by atoms with Crippen molar-refractivity contribution in [3.63, 3.8) is 0 Å². The van der Waals surface area contributed by atoms with Gasteiger partial charge in [0.05, 0.1) is 11.8 Å². The van der Waals surface area contributed by atoms with Gasteiger partial charge in [0.25, 0.3) is 0 Å². The molecule has 0 spiro atoms. The molecule has 0 aliphatic rings. The summed E-state index contributed by atoms with van der Waals surface area (Å²) in [5.41, 5.74) is 2.89. The van der Waals surface area contributed by atoms with Crippen LogP contribution in [0.4, 0.5) is 0 Å². The number of aromatic nitrogens is 1. The van der Waals surface area contributed by atoms with Gasteiger partial charge < -0.3 is 9.63 Å². The summed E-state index contributed by atoms with van der Waals surface area (Å²) >= 11 is 0. The predicted molar refractivity (Wildman–Crippen MR) is 90.1 cm³/mol. The van der Waals surface area contributed by atoms with Crippen molar-refractivity contribution in [3.8, 4) is 11.3 Å². The number of allylic oxidation sites excluding steroid dienone is 1. The lowest BCUT2D eigenvalue weighted by molar-refractivity contribution is -0.114. The molecule has 2 aromatic rings. The zero-order valence-corrected chi connectivity index (χ0v) is 13.5. The highest BCUT2D eigenvalue weighted by atomic mass is 16.5. The smallest absolute Gasteiger partial charge is 0.170 e. The quantitative estimate of drug-likeness (QED) is 0.714. The van der Waals surface area contributed by atoms with Gasteiger partial charge in [-0.3, -0.25) is 4.79 Å². The number of aryl methyl sites for hydroxylation is 1. The monoisotopic (exact) mass is 313 g/mol. The maximum absolute atomic E-state index is 11.2. The van der Waals surface area contributed by atoms with Crippen molar-refractivity contribution in [1.29, 1.82) is 0 Å². The number of ketones is 1. The Labute approximate surface area is 136 Å². The van der Waals surface area contributed by atoms with Crippen molar-refractivity contribution in [2.75, 3.05) is 0 Å². The van der Waals surface area contributed by atoms with Gasteiger partial charge >= 0.3 is 0 Å². The average molecular weight is 313 g/mol. The average Bonchev–Trinajstić information content (AvgIpc) is 2.94. The predicted octanol–water partition coefficient (Wildman–Crippen LogP) is 3.87. The van der Waals surface area contributed by atoms with E-state index in [0.29, 0.717) is 32.1 Å². The summed E-state index contributed by atoms with van der Waals surface area (Å²) in [5.74, 6) is 0.801. The van der Waals surface area contributed by atoms with Crippen LogP contribution in [0.2, 0.25) is 0 Å². The van der Waals surface area contributed by atoms with Crippen molar-refractivity contribution in [2.24, 2.45) is 0 Å². The van der Waals surface area contributed by atoms with E-state index in [4.69, 9.17) is 4.52 Å². The van der Waals surface area contributed by atoms with Crippen LogP contribution < -0.4 is 0 Å². The first-order valence-corrected chi connectivity index (χ1v) is 7.95. The number of aliphatic hydroxyl groups excluding tert-OH is 1. The van der Waals surface area contributed by atoms with Crippen molar-refractivity contribution in [2.45, 2.75) is 45.1 Å². The number of carbonyl (C=O) groups excluding carboxylic acids is 1. The van der Waals surface area contributed by atoms with E-state index in [1.54, 1.807) is 0 Å². The minimum atomic E-state index is -0.425. The molecule has 0 saturated heterocycles. The van der Waals surface area contributed by atoms with E-state index in [1.165, 1.54) is 6.08 Å². The molecule has 23 heavy (non-hydrogen) atoms. The van der Waals surface area contributed by atoms with Crippen LogP contribution in [0.15, 0.2) is 47.5 Å². The normalized spacial score (nSPS) is 12.1. The van der Waals surface area contributed by atoms with Crippen LogP contribution in [-0.2, 0) is 11.2 Å². The Kier molecular flexibility index (Phi) is 6.29. The molecule has 1 aromatic heterocycles. The largest absolute Gasteiger partial charge is 0.393 e. The molecule has 0 amide bonds. The van der Waals surface area contributed by atoms with E-state index >= 15 is 0 Å². The molecule has 1 N–H and O–H groups in total. The van der Waals surface area contributed by atoms with Gasteiger partial charge in [-0.2, -0.15) is 0 Å². The first-order valence-electron chi connectivity index (χ1n) is 7.95. The fourth-order valence-corrected chi connectivity index (χ4v) is 2.57. The first-order chi connectivity index (χ1) is 11.1. The standard InChI is InChI=1S/C19H23NO3/c1-3-16(21)10-7-11-17(22)12-13-18-14(2)20-23-19(18)15-8-5-4-6-9-15/h3-6,8-9,17,22H,1,7,10-13H2,2H3. The van der Waals surface area contributed by atoms with E-state index in [0.717, 1.165) is 22.6 Å². The Bertz CT molecular complexity index is 646. The molecule has 0 radical (unpaired) electrons. The molecule has 4 nitrogen and oxygen atoms in total. The van der Waals surface area contributed by atoms with Crippen LogP contribution in [0, 0.1) is 6.92 Å². The zero-order valence-electron chi connectivity index (χ0n) is 13.5. The Balaban J connectivity index is 1.92. The maximum atomic E-state index is 11.2. The minimum absolute atomic E-state index is 0.0263. The molecule has 0 fully saturated rings. The Morgan fingerprint density at radius 3 is 2.78 bits per heavy atom. The van der Waals surface area contributed by atoms with E-state index in [2.05, 4.69) is 11.7 Å². The molecule has 122 valence electrons. The molecule has 0 bridgehead atoms. The molecule has 0 saturated carbocycles. The number of hydrogen-bond donors (Lipinski definition) is 1. The summed E-state index contributed by atoms with van der Waals surface area (Å²) in [5, 5.41) is 14.2. The highest BCUT2D eigenvalue weighted by Gasteiger charge is 2.16. The molecule has 1 aromatic carbocycles. The highest BCUT2D eigenvalue weighted by Crippen LogP contribution is 2.27. The second-order valence-electron chi connectivity index (χ2n) is 5.70. The zero-order chi connectivity index (χ0) is 16.7. The second-order valence-corrected chi connectivity index (χ2v) is 5.70. The van der Waals surface area contributed by atoms with Crippen LogP contribution >= 0.6 is 0 Å². The third-order valence-corrected chi connectivity index (χ3v) is 3.94. The number of hydrogen-bond acceptors (Lipinski definition) is 4. The van der Waals surface area contributed by atoms with Gasteiger partial charge in [-0.15, -0.1) is 0 Å². The summed E-state index contributed by atoms with van der Waals surface area (Å²) in [4.78, 5) is 11.2. The third kappa shape index (κ3) is 4.89. The minimum Gasteiger partial charge on any atom is -0.393 e. The topological polar surface area (TPSA) is 63.3 Å². The Morgan fingerprint density at radius 2 is 2.09 bits per heavy atom. The molecule has 4 heteroatoms. The fourth-order valence-electron chi connectivity index (χ4n) is 2.57. The van der Waals surface area contributed by atoms with Crippen LogP contribution in [0.1, 0.15) is 36.9 Å². The molecular formula is C19H23NO3. The van der Waals surface area contributed by atoms with Gasteiger partial charge in [0, 0.05) is 17.5 Å². The summed E-state index contributed by atoms with van der Waals surface area (Å²) in [6, 6.07) is 9.85. The maximum Gasteiger partial charge on any atom is 0.170 e. The van der Waals surface area contributed by atoms with Gasteiger partial charge in [-0.1, -0.05) is 42.1 Å². The van der Waals surface area contributed by atoms with Crippen LogP contribution in [0.3, 0.4) is 0 Å². The Morgan fingerprint density at radius 1 is 1.35 bits per heavy atom. The lowest BCUT2D eigenvalue weighted by Crippen LogP contribution is -2.09. The summed E-state index contributed by atoms with van der Waals surface area (Å²) in [6.45, 7) is 5.36. The van der Waals surface area contributed by atoms with Gasteiger partial charge in [-0.05, 0) is 38.7 Å². The van der Waals surface area contributed by atoms with Crippen LogP contribution in [-0.4, -0.2) is 22.2 Å². The second kappa shape index (κ2) is 8.44. The highest BCUT2D eigenvalue weighted by molar-refractivity contribution is 5.88.